The highest BCUT2D eigenvalue weighted by Crippen LogP contribution is 2.25. The normalized spacial score (nSPS) is 14.3. The van der Waals surface area contributed by atoms with Crippen LogP contribution in [0.3, 0.4) is 0 Å². The van der Waals surface area contributed by atoms with E-state index in [1.807, 2.05) is 37.3 Å². The smallest absolute Gasteiger partial charge is 0.176 e. The lowest BCUT2D eigenvalue weighted by atomic mass is 9.92. The highest BCUT2D eigenvalue weighted by atomic mass is 16.5. The molecule has 0 heterocycles. The maximum atomic E-state index is 10.3. The highest BCUT2D eigenvalue weighted by Gasteiger charge is 2.27. The van der Waals surface area contributed by atoms with E-state index in [4.69, 9.17) is 10.5 Å². The number of hydrogen-bond acceptors (Lipinski definition) is 3. The Bertz CT molecular complexity index is 324. The van der Waals surface area contributed by atoms with Crippen LogP contribution in [0.4, 0.5) is 0 Å². The zero-order chi connectivity index (χ0) is 11.3. The van der Waals surface area contributed by atoms with Crippen LogP contribution in [-0.4, -0.2) is 11.7 Å². The number of benzene rings is 1. The van der Waals surface area contributed by atoms with Gasteiger partial charge in [0.2, 0.25) is 0 Å². The molecular formula is C12H17NO2. The first-order valence-corrected chi connectivity index (χ1v) is 4.93. The molecule has 3 heteroatoms. The van der Waals surface area contributed by atoms with Crippen molar-refractivity contribution in [1.82, 2.24) is 0 Å². The van der Waals surface area contributed by atoms with Crippen molar-refractivity contribution in [3.63, 3.8) is 0 Å². The summed E-state index contributed by atoms with van der Waals surface area (Å²) >= 11 is 0. The third-order valence-electron chi connectivity index (χ3n) is 2.39. The van der Waals surface area contributed by atoms with Crippen molar-refractivity contribution in [2.75, 3.05) is 6.61 Å². The van der Waals surface area contributed by atoms with Gasteiger partial charge in [0.05, 0.1) is 0 Å². The van der Waals surface area contributed by atoms with Crippen molar-refractivity contribution in [3.05, 3.63) is 48.4 Å². The average Bonchev–Trinajstić information content (AvgIpc) is 2.27. The molecule has 1 aromatic rings. The van der Waals surface area contributed by atoms with Gasteiger partial charge in [-0.15, -0.1) is 0 Å². The van der Waals surface area contributed by atoms with Gasteiger partial charge in [-0.05, 0) is 18.6 Å². The molecule has 0 amide bonds. The molecule has 1 aromatic carbocycles. The molecular weight excluding hydrogens is 190 g/mol. The van der Waals surface area contributed by atoms with Crippen molar-refractivity contribution < 1.29 is 9.84 Å². The lowest BCUT2D eigenvalue weighted by Crippen LogP contribution is -2.31. The molecule has 0 aliphatic carbocycles. The van der Waals surface area contributed by atoms with Gasteiger partial charge in [0.15, 0.2) is 5.88 Å². The summed E-state index contributed by atoms with van der Waals surface area (Å²) < 4.78 is 5.09. The minimum Gasteiger partial charge on any atom is -0.476 e. The highest BCUT2D eigenvalue weighted by molar-refractivity contribution is 5.22. The van der Waals surface area contributed by atoms with Crippen LogP contribution in [0.1, 0.15) is 18.9 Å². The van der Waals surface area contributed by atoms with Crippen molar-refractivity contribution in [2.24, 2.45) is 5.73 Å². The first kappa shape index (κ1) is 11.6. The summed E-state index contributed by atoms with van der Waals surface area (Å²) in [4.78, 5) is 0. The maximum Gasteiger partial charge on any atom is 0.176 e. The Balaban J connectivity index is 2.80. The standard InChI is InChI=1S/C12H17NO2/c1-3-12(14,9-15-10(2)13)11-7-5-4-6-8-11/h4-8,14H,2-3,9,13H2,1H3. The second-order valence-electron chi connectivity index (χ2n) is 3.51. The fourth-order valence-electron chi connectivity index (χ4n) is 1.35. The van der Waals surface area contributed by atoms with Gasteiger partial charge in [-0.25, -0.2) is 0 Å². The van der Waals surface area contributed by atoms with Gasteiger partial charge in [-0.3, -0.25) is 0 Å². The van der Waals surface area contributed by atoms with Gasteiger partial charge in [0.1, 0.15) is 12.2 Å². The molecule has 82 valence electrons. The molecule has 0 aliphatic rings. The first-order valence-electron chi connectivity index (χ1n) is 4.93. The van der Waals surface area contributed by atoms with Crippen LogP contribution in [0.15, 0.2) is 42.8 Å². The molecule has 0 fully saturated rings. The summed E-state index contributed by atoms with van der Waals surface area (Å²) in [6.45, 7) is 5.46. The van der Waals surface area contributed by atoms with E-state index in [1.165, 1.54) is 0 Å². The zero-order valence-electron chi connectivity index (χ0n) is 8.94. The third-order valence-corrected chi connectivity index (χ3v) is 2.39. The second kappa shape index (κ2) is 4.84. The van der Waals surface area contributed by atoms with E-state index in [9.17, 15) is 5.11 Å². The SMILES string of the molecule is C=C(N)OCC(O)(CC)c1ccccc1. The van der Waals surface area contributed by atoms with Crippen molar-refractivity contribution >= 4 is 0 Å². The Kier molecular flexibility index (Phi) is 3.74. The predicted molar refractivity (Wildman–Crippen MR) is 59.9 cm³/mol. The van der Waals surface area contributed by atoms with Crippen LogP contribution in [0, 0.1) is 0 Å². The van der Waals surface area contributed by atoms with Crippen molar-refractivity contribution in [1.29, 1.82) is 0 Å². The van der Waals surface area contributed by atoms with Crippen LogP contribution >= 0.6 is 0 Å². The van der Waals surface area contributed by atoms with Gasteiger partial charge in [-0.2, -0.15) is 0 Å². The van der Waals surface area contributed by atoms with Gasteiger partial charge in [0.25, 0.3) is 0 Å². The van der Waals surface area contributed by atoms with Gasteiger partial charge in [-0.1, -0.05) is 37.3 Å². The van der Waals surface area contributed by atoms with E-state index in [-0.39, 0.29) is 12.5 Å². The topological polar surface area (TPSA) is 55.5 Å². The van der Waals surface area contributed by atoms with Crippen LogP contribution in [0.2, 0.25) is 0 Å². The summed E-state index contributed by atoms with van der Waals surface area (Å²) in [6.07, 6.45) is 0.560. The lowest BCUT2D eigenvalue weighted by Gasteiger charge is -2.27. The summed E-state index contributed by atoms with van der Waals surface area (Å²) in [5.41, 5.74) is 5.14. The van der Waals surface area contributed by atoms with E-state index in [1.54, 1.807) is 0 Å². The second-order valence-corrected chi connectivity index (χ2v) is 3.51. The number of aliphatic hydroxyl groups is 1. The van der Waals surface area contributed by atoms with Crippen LogP contribution in [-0.2, 0) is 10.3 Å². The molecule has 1 unspecified atom stereocenters. The summed E-state index contributed by atoms with van der Waals surface area (Å²) in [7, 11) is 0. The molecule has 1 atom stereocenters. The number of nitrogens with two attached hydrogens (primary N) is 1. The van der Waals surface area contributed by atoms with Gasteiger partial charge >= 0.3 is 0 Å². The molecule has 0 aliphatic heterocycles. The minimum absolute atomic E-state index is 0.123. The van der Waals surface area contributed by atoms with Crippen molar-refractivity contribution in [2.45, 2.75) is 18.9 Å². The molecule has 0 saturated heterocycles. The Morgan fingerprint density at radius 3 is 2.53 bits per heavy atom. The Labute approximate surface area is 90.2 Å². The fraction of sp³-hybridized carbons (Fsp3) is 0.333. The van der Waals surface area contributed by atoms with Gasteiger partial charge < -0.3 is 15.6 Å². The molecule has 15 heavy (non-hydrogen) atoms. The third kappa shape index (κ3) is 2.99. The van der Waals surface area contributed by atoms with Gasteiger partial charge in [0, 0.05) is 0 Å². The van der Waals surface area contributed by atoms with Crippen LogP contribution in [0.5, 0.6) is 0 Å². The Morgan fingerprint density at radius 1 is 1.47 bits per heavy atom. The zero-order valence-corrected chi connectivity index (χ0v) is 8.94. The number of ether oxygens (including phenoxy) is 1. The number of rotatable bonds is 5. The molecule has 1 rings (SSSR count). The molecule has 0 saturated carbocycles. The molecule has 0 spiro atoms. The average molecular weight is 207 g/mol. The van der Waals surface area contributed by atoms with Crippen LogP contribution < -0.4 is 5.73 Å². The van der Waals surface area contributed by atoms with E-state index in [0.29, 0.717) is 6.42 Å². The molecule has 3 nitrogen and oxygen atoms in total. The summed E-state index contributed by atoms with van der Waals surface area (Å²) in [5, 5.41) is 10.3. The minimum atomic E-state index is -0.996. The van der Waals surface area contributed by atoms with E-state index < -0.39 is 5.60 Å². The van der Waals surface area contributed by atoms with E-state index in [0.717, 1.165) is 5.56 Å². The molecule has 0 bridgehead atoms. The number of hydrogen-bond donors (Lipinski definition) is 2. The Morgan fingerprint density at radius 2 is 2.07 bits per heavy atom. The van der Waals surface area contributed by atoms with Crippen LogP contribution in [0.25, 0.3) is 0 Å². The molecule has 0 aromatic heterocycles. The first-order chi connectivity index (χ1) is 7.08. The quantitative estimate of drug-likeness (QED) is 0.723. The monoisotopic (exact) mass is 207 g/mol. The molecule has 3 N–H and O–H groups in total. The summed E-state index contributed by atoms with van der Waals surface area (Å²) in [5.74, 6) is 0.123. The maximum absolute atomic E-state index is 10.3. The largest absolute Gasteiger partial charge is 0.476 e. The van der Waals surface area contributed by atoms with Crippen molar-refractivity contribution in [3.8, 4) is 0 Å². The van der Waals surface area contributed by atoms with E-state index in [2.05, 4.69) is 6.58 Å². The summed E-state index contributed by atoms with van der Waals surface area (Å²) in [6, 6.07) is 9.40. The van der Waals surface area contributed by atoms with E-state index >= 15 is 0 Å². The lowest BCUT2D eigenvalue weighted by molar-refractivity contribution is -0.0345. The fourth-order valence-corrected chi connectivity index (χ4v) is 1.35. The Hall–Kier alpha value is -1.48. The predicted octanol–water partition coefficient (Wildman–Crippen LogP) is 1.73. The molecule has 0 radical (unpaired) electrons.